The first-order valence-electron chi connectivity index (χ1n) is 8.41. The number of aromatic nitrogens is 2. The monoisotopic (exact) mass is 367 g/mol. The zero-order valence-electron chi connectivity index (χ0n) is 15.7. The van der Waals surface area contributed by atoms with Gasteiger partial charge in [0.25, 0.3) is 5.91 Å². The van der Waals surface area contributed by atoms with E-state index in [4.69, 9.17) is 13.9 Å². The van der Waals surface area contributed by atoms with Crippen LogP contribution in [0.4, 0.5) is 6.01 Å². The van der Waals surface area contributed by atoms with Crippen molar-refractivity contribution in [3.8, 4) is 11.5 Å². The minimum atomic E-state index is -0.395. The van der Waals surface area contributed by atoms with Gasteiger partial charge in [-0.15, -0.1) is 5.10 Å². The van der Waals surface area contributed by atoms with Crippen molar-refractivity contribution in [2.45, 2.75) is 20.3 Å². The number of anilines is 1. The lowest BCUT2D eigenvalue weighted by Gasteiger charge is -2.07. The minimum absolute atomic E-state index is 0.0431. The number of aryl methyl sites for hydroxylation is 2. The van der Waals surface area contributed by atoms with E-state index >= 15 is 0 Å². The molecule has 0 fully saturated rings. The Labute approximate surface area is 157 Å². The third kappa shape index (κ3) is 4.44. The largest absolute Gasteiger partial charge is 0.497 e. The maximum Gasteiger partial charge on any atom is 0.322 e. The van der Waals surface area contributed by atoms with Crippen molar-refractivity contribution >= 4 is 11.9 Å². The summed E-state index contributed by atoms with van der Waals surface area (Å²) in [5.74, 6) is 1.07. The van der Waals surface area contributed by atoms with Crippen LogP contribution in [0.2, 0.25) is 0 Å². The molecule has 0 radical (unpaired) electrons. The summed E-state index contributed by atoms with van der Waals surface area (Å²) in [6, 6.07) is 11.1. The molecule has 0 spiro atoms. The Morgan fingerprint density at radius 2 is 1.74 bits per heavy atom. The van der Waals surface area contributed by atoms with E-state index in [1.165, 1.54) is 19.8 Å². The summed E-state index contributed by atoms with van der Waals surface area (Å²) in [6.07, 6.45) is 0.502. The quantitative estimate of drug-likeness (QED) is 0.717. The average Bonchev–Trinajstić information content (AvgIpc) is 3.10. The van der Waals surface area contributed by atoms with Gasteiger partial charge in [-0.3, -0.25) is 10.1 Å². The summed E-state index contributed by atoms with van der Waals surface area (Å²) in [7, 11) is 3.04. The van der Waals surface area contributed by atoms with Crippen molar-refractivity contribution in [2.24, 2.45) is 0 Å². The maximum atomic E-state index is 12.5. The molecule has 1 N–H and O–H groups in total. The Kier molecular flexibility index (Phi) is 5.40. The van der Waals surface area contributed by atoms with Crippen LogP contribution in [0.15, 0.2) is 40.8 Å². The van der Waals surface area contributed by atoms with E-state index in [0.29, 0.717) is 29.4 Å². The van der Waals surface area contributed by atoms with E-state index in [9.17, 15) is 4.79 Å². The minimum Gasteiger partial charge on any atom is -0.497 e. The Balaban J connectivity index is 1.73. The van der Waals surface area contributed by atoms with E-state index < -0.39 is 5.91 Å². The Morgan fingerprint density at radius 1 is 1.04 bits per heavy atom. The number of nitrogens with zero attached hydrogens (tertiary/aromatic N) is 2. The molecule has 0 unspecified atom stereocenters. The number of carbonyl (C=O) groups is 1. The van der Waals surface area contributed by atoms with E-state index in [2.05, 4.69) is 21.6 Å². The molecule has 0 saturated heterocycles. The smallest absolute Gasteiger partial charge is 0.322 e. The van der Waals surface area contributed by atoms with Gasteiger partial charge in [-0.05, 0) is 37.1 Å². The topological polar surface area (TPSA) is 86.5 Å². The molecule has 3 rings (SSSR count). The Morgan fingerprint density at radius 3 is 2.37 bits per heavy atom. The molecule has 0 bridgehead atoms. The Hall–Kier alpha value is -3.35. The third-order valence-corrected chi connectivity index (χ3v) is 4.14. The van der Waals surface area contributed by atoms with Gasteiger partial charge in [0.1, 0.15) is 11.5 Å². The van der Waals surface area contributed by atoms with Gasteiger partial charge in [0.2, 0.25) is 5.89 Å². The van der Waals surface area contributed by atoms with Crippen molar-refractivity contribution < 1.29 is 18.7 Å². The molecule has 0 aliphatic rings. The lowest BCUT2D eigenvalue weighted by Crippen LogP contribution is -2.12. The van der Waals surface area contributed by atoms with Crippen LogP contribution >= 0.6 is 0 Å². The highest BCUT2D eigenvalue weighted by molar-refractivity contribution is 6.03. The number of hydrogen-bond donors (Lipinski definition) is 1. The number of carbonyl (C=O) groups excluding carboxylic acids is 1. The maximum absolute atomic E-state index is 12.5. The zero-order chi connectivity index (χ0) is 19.4. The number of methoxy groups -OCH3 is 2. The molecule has 0 atom stereocenters. The molecule has 7 nitrogen and oxygen atoms in total. The van der Waals surface area contributed by atoms with E-state index in [1.807, 2.05) is 26.0 Å². The Bertz CT molecular complexity index is 943. The van der Waals surface area contributed by atoms with Crippen LogP contribution in [0.5, 0.6) is 11.5 Å². The van der Waals surface area contributed by atoms with Gasteiger partial charge in [0, 0.05) is 11.6 Å². The summed E-state index contributed by atoms with van der Waals surface area (Å²) in [4.78, 5) is 12.5. The third-order valence-electron chi connectivity index (χ3n) is 4.14. The van der Waals surface area contributed by atoms with Gasteiger partial charge in [0.05, 0.1) is 20.6 Å². The fourth-order valence-electron chi connectivity index (χ4n) is 2.69. The summed E-state index contributed by atoms with van der Waals surface area (Å²) in [5, 5.41) is 10.5. The van der Waals surface area contributed by atoms with E-state index in [1.54, 1.807) is 18.2 Å². The van der Waals surface area contributed by atoms with Crippen LogP contribution in [0.25, 0.3) is 0 Å². The second-order valence-electron chi connectivity index (χ2n) is 6.16. The molecule has 1 aromatic heterocycles. The molecule has 1 amide bonds. The van der Waals surface area contributed by atoms with Gasteiger partial charge in [-0.1, -0.05) is 28.9 Å². The van der Waals surface area contributed by atoms with Crippen LogP contribution < -0.4 is 14.8 Å². The van der Waals surface area contributed by atoms with Crippen molar-refractivity contribution in [3.05, 3.63) is 64.5 Å². The van der Waals surface area contributed by atoms with Crippen molar-refractivity contribution in [2.75, 3.05) is 19.5 Å². The molecule has 27 heavy (non-hydrogen) atoms. The van der Waals surface area contributed by atoms with Gasteiger partial charge >= 0.3 is 6.01 Å². The molecular formula is C20H21N3O4. The molecule has 0 aliphatic carbocycles. The number of rotatable bonds is 6. The first-order valence-corrected chi connectivity index (χ1v) is 8.41. The number of hydrogen-bond acceptors (Lipinski definition) is 6. The predicted molar refractivity (Wildman–Crippen MR) is 101 cm³/mol. The van der Waals surface area contributed by atoms with Crippen molar-refractivity contribution in [1.29, 1.82) is 0 Å². The standard InChI is InChI=1S/C20H21N3O4/c1-12-5-6-14(13(2)7-12)10-18-22-23-20(27-18)21-19(24)15-8-16(25-3)11-17(9-15)26-4/h5-9,11H,10H2,1-4H3,(H,21,23,24). The highest BCUT2D eigenvalue weighted by atomic mass is 16.5. The lowest BCUT2D eigenvalue weighted by molar-refractivity contribution is 0.102. The number of nitrogens with one attached hydrogen (secondary N) is 1. The van der Waals surface area contributed by atoms with Crippen LogP contribution in [0.3, 0.4) is 0 Å². The van der Waals surface area contributed by atoms with E-state index in [-0.39, 0.29) is 6.01 Å². The SMILES string of the molecule is COc1cc(OC)cc(C(=O)Nc2nnc(Cc3ccc(C)cc3C)o2)c1. The van der Waals surface area contributed by atoms with Gasteiger partial charge in [-0.25, -0.2) is 0 Å². The average molecular weight is 367 g/mol. The lowest BCUT2D eigenvalue weighted by atomic mass is 10.0. The second kappa shape index (κ2) is 7.90. The van der Waals surface area contributed by atoms with Crippen molar-refractivity contribution in [1.82, 2.24) is 10.2 Å². The highest BCUT2D eigenvalue weighted by Crippen LogP contribution is 2.23. The number of benzene rings is 2. The van der Waals surface area contributed by atoms with Crippen LogP contribution in [0, 0.1) is 13.8 Å². The molecule has 140 valence electrons. The van der Waals surface area contributed by atoms with Crippen molar-refractivity contribution in [3.63, 3.8) is 0 Å². The summed E-state index contributed by atoms with van der Waals surface area (Å²) in [5.41, 5.74) is 3.81. The van der Waals surface area contributed by atoms with Gasteiger partial charge in [0.15, 0.2) is 0 Å². The number of amides is 1. The van der Waals surface area contributed by atoms with Crippen LogP contribution in [-0.2, 0) is 6.42 Å². The van der Waals surface area contributed by atoms with Crippen LogP contribution in [0.1, 0.15) is 32.9 Å². The summed E-state index contributed by atoms with van der Waals surface area (Å²) >= 11 is 0. The molecular weight excluding hydrogens is 346 g/mol. The molecule has 3 aromatic rings. The van der Waals surface area contributed by atoms with Gasteiger partial charge < -0.3 is 13.9 Å². The predicted octanol–water partition coefficient (Wildman–Crippen LogP) is 3.55. The zero-order valence-corrected chi connectivity index (χ0v) is 15.7. The molecule has 0 aliphatic heterocycles. The fourth-order valence-corrected chi connectivity index (χ4v) is 2.69. The van der Waals surface area contributed by atoms with E-state index in [0.717, 1.165) is 11.1 Å². The molecule has 0 saturated carbocycles. The first-order chi connectivity index (χ1) is 13.0. The first kappa shape index (κ1) is 18.4. The second-order valence-corrected chi connectivity index (χ2v) is 6.16. The summed E-state index contributed by atoms with van der Waals surface area (Å²) < 4.78 is 15.9. The van der Waals surface area contributed by atoms with Gasteiger partial charge in [-0.2, -0.15) is 0 Å². The molecule has 7 heteroatoms. The fraction of sp³-hybridized carbons (Fsp3) is 0.250. The summed E-state index contributed by atoms with van der Waals surface area (Å²) in [6.45, 7) is 4.09. The molecule has 1 heterocycles. The normalized spacial score (nSPS) is 10.5. The molecule has 2 aromatic carbocycles. The number of ether oxygens (including phenoxy) is 2. The van der Waals surface area contributed by atoms with Crippen LogP contribution in [-0.4, -0.2) is 30.3 Å². The highest BCUT2D eigenvalue weighted by Gasteiger charge is 2.14.